The second kappa shape index (κ2) is 7.32. The number of amides is 2. The predicted octanol–water partition coefficient (Wildman–Crippen LogP) is 1.43. The number of nitrogens with one attached hydrogen (secondary N) is 2. The van der Waals surface area contributed by atoms with Gasteiger partial charge in [0.15, 0.2) is 0 Å². The van der Waals surface area contributed by atoms with Crippen LogP contribution in [0.1, 0.15) is 27.7 Å². The van der Waals surface area contributed by atoms with Crippen molar-refractivity contribution in [2.45, 2.75) is 39.5 Å². The van der Waals surface area contributed by atoms with E-state index in [2.05, 4.69) is 5.43 Å². The largest absolute Gasteiger partial charge is 0.471 e. The molecule has 0 aromatic rings. The minimum absolute atomic E-state index is 0.0254. The van der Waals surface area contributed by atoms with Gasteiger partial charge in [-0.05, 0) is 20.8 Å². The third-order valence-electron chi connectivity index (χ3n) is 1.95. The normalized spacial score (nSPS) is 12.2. The van der Waals surface area contributed by atoms with Gasteiger partial charge in [0, 0.05) is 19.6 Å². The summed E-state index contributed by atoms with van der Waals surface area (Å²) >= 11 is 0. The zero-order valence-electron chi connectivity index (χ0n) is 11.9. The van der Waals surface area contributed by atoms with Crippen LogP contribution in [-0.4, -0.2) is 48.4 Å². The molecule has 0 aliphatic carbocycles. The second-order valence-electron chi connectivity index (χ2n) is 4.95. The highest BCUT2D eigenvalue weighted by Gasteiger charge is 2.38. The van der Waals surface area contributed by atoms with Crippen molar-refractivity contribution >= 4 is 12.0 Å². The quantitative estimate of drug-likeness (QED) is 0.753. The first-order valence-corrected chi connectivity index (χ1v) is 6.05. The number of ether oxygens (including phenoxy) is 1. The van der Waals surface area contributed by atoms with Crippen LogP contribution in [0.4, 0.5) is 18.0 Å². The number of halogens is 3. The fourth-order valence-electron chi connectivity index (χ4n) is 1.13. The Morgan fingerprint density at radius 3 is 2.15 bits per heavy atom. The molecule has 0 aromatic carbocycles. The molecule has 0 fully saturated rings. The van der Waals surface area contributed by atoms with Crippen molar-refractivity contribution in [1.82, 2.24) is 15.8 Å². The van der Waals surface area contributed by atoms with E-state index in [1.165, 1.54) is 5.01 Å². The first-order chi connectivity index (χ1) is 8.95. The second-order valence-corrected chi connectivity index (χ2v) is 4.95. The molecule has 2 amide bonds. The summed E-state index contributed by atoms with van der Waals surface area (Å²) in [5.41, 5.74) is 1.70. The molecule has 0 aliphatic heterocycles. The van der Waals surface area contributed by atoms with E-state index < -0.39 is 23.8 Å². The first-order valence-electron chi connectivity index (χ1n) is 6.05. The minimum Gasteiger partial charge on any atom is -0.443 e. The van der Waals surface area contributed by atoms with Crippen LogP contribution in [0.2, 0.25) is 0 Å². The molecule has 118 valence electrons. The van der Waals surface area contributed by atoms with Crippen LogP contribution in [0.25, 0.3) is 0 Å². The first kappa shape index (κ1) is 18.5. The molecule has 0 aliphatic rings. The molecule has 0 heterocycles. The van der Waals surface area contributed by atoms with Gasteiger partial charge in [0.25, 0.3) is 0 Å². The average molecular weight is 299 g/mol. The summed E-state index contributed by atoms with van der Waals surface area (Å²) in [5.74, 6) is -2.01. The monoisotopic (exact) mass is 299 g/mol. The lowest BCUT2D eigenvalue weighted by Gasteiger charge is -2.25. The van der Waals surface area contributed by atoms with Gasteiger partial charge in [-0.15, -0.1) is 0 Å². The molecule has 6 nitrogen and oxygen atoms in total. The van der Waals surface area contributed by atoms with Crippen LogP contribution in [0.15, 0.2) is 0 Å². The van der Waals surface area contributed by atoms with E-state index in [4.69, 9.17) is 4.74 Å². The maximum atomic E-state index is 11.9. The maximum Gasteiger partial charge on any atom is 0.471 e. The van der Waals surface area contributed by atoms with Crippen molar-refractivity contribution in [2.75, 3.05) is 19.6 Å². The number of carbonyl (C=O) groups is 2. The Morgan fingerprint density at radius 2 is 1.75 bits per heavy atom. The van der Waals surface area contributed by atoms with E-state index in [9.17, 15) is 22.8 Å². The van der Waals surface area contributed by atoms with Crippen LogP contribution < -0.4 is 10.7 Å². The molecule has 0 saturated heterocycles. The lowest BCUT2D eigenvalue weighted by atomic mass is 10.2. The standard InChI is InChI=1S/C11H20F3N3O3/c1-5-17(16-9(19)20-10(2,3)4)7-6-15-8(18)11(12,13)14/h5-7H2,1-4H3,(H,15,18)(H,16,19). The highest BCUT2D eigenvalue weighted by molar-refractivity contribution is 5.81. The predicted molar refractivity (Wildman–Crippen MR) is 65.7 cm³/mol. The smallest absolute Gasteiger partial charge is 0.443 e. The van der Waals surface area contributed by atoms with Gasteiger partial charge in [-0.3, -0.25) is 10.2 Å². The summed E-state index contributed by atoms with van der Waals surface area (Å²) in [6, 6.07) is 0. The molecule has 0 bridgehead atoms. The van der Waals surface area contributed by atoms with Crippen LogP contribution in [0, 0.1) is 0 Å². The zero-order valence-corrected chi connectivity index (χ0v) is 11.9. The Balaban J connectivity index is 4.11. The third kappa shape index (κ3) is 8.57. The van der Waals surface area contributed by atoms with Gasteiger partial charge in [-0.1, -0.05) is 6.92 Å². The number of rotatable bonds is 5. The zero-order chi connectivity index (χ0) is 16.0. The van der Waals surface area contributed by atoms with Gasteiger partial charge in [-0.2, -0.15) is 13.2 Å². The van der Waals surface area contributed by atoms with E-state index in [-0.39, 0.29) is 13.1 Å². The van der Waals surface area contributed by atoms with Crippen LogP contribution in [0.5, 0.6) is 0 Å². The third-order valence-corrected chi connectivity index (χ3v) is 1.95. The molecule has 0 rings (SSSR count). The van der Waals surface area contributed by atoms with Crippen molar-refractivity contribution in [3.05, 3.63) is 0 Å². The van der Waals surface area contributed by atoms with Crippen molar-refractivity contribution in [3.8, 4) is 0 Å². The van der Waals surface area contributed by atoms with Gasteiger partial charge >= 0.3 is 18.2 Å². The van der Waals surface area contributed by atoms with Crippen LogP contribution in [0.3, 0.4) is 0 Å². The summed E-state index contributed by atoms with van der Waals surface area (Å²) < 4.78 is 40.8. The molecule has 0 atom stereocenters. The molecule has 0 saturated carbocycles. The fourth-order valence-corrected chi connectivity index (χ4v) is 1.13. The Hall–Kier alpha value is -1.51. The maximum absolute atomic E-state index is 11.9. The van der Waals surface area contributed by atoms with Gasteiger partial charge < -0.3 is 10.1 Å². The van der Waals surface area contributed by atoms with E-state index in [1.807, 2.05) is 0 Å². The number of likely N-dealkylation sites (N-methyl/N-ethyl adjacent to an activating group) is 1. The van der Waals surface area contributed by atoms with Crippen molar-refractivity contribution in [3.63, 3.8) is 0 Å². The van der Waals surface area contributed by atoms with Gasteiger partial charge in [0.2, 0.25) is 0 Å². The molecule has 20 heavy (non-hydrogen) atoms. The number of hydrogen-bond acceptors (Lipinski definition) is 4. The number of carbonyl (C=O) groups excluding carboxylic acids is 2. The summed E-state index contributed by atoms with van der Waals surface area (Å²) in [6.45, 7) is 6.88. The van der Waals surface area contributed by atoms with Crippen LogP contribution >= 0.6 is 0 Å². The van der Waals surface area contributed by atoms with Crippen LogP contribution in [-0.2, 0) is 9.53 Å². The Morgan fingerprint density at radius 1 is 1.20 bits per heavy atom. The Kier molecular flexibility index (Phi) is 6.77. The lowest BCUT2D eigenvalue weighted by molar-refractivity contribution is -0.173. The topological polar surface area (TPSA) is 70.7 Å². The summed E-state index contributed by atoms with van der Waals surface area (Å²) in [4.78, 5) is 22.0. The SMILES string of the molecule is CCN(CCNC(=O)C(F)(F)F)NC(=O)OC(C)(C)C. The average Bonchev–Trinajstić information content (AvgIpc) is 2.23. The number of hydrazine groups is 1. The highest BCUT2D eigenvalue weighted by atomic mass is 19.4. The summed E-state index contributed by atoms with van der Waals surface area (Å²) in [7, 11) is 0. The lowest BCUT2D eigenvalue weighted by Crippen LogP contribution is -2.48. The number of nitrogens with zero attached hydrogens (tertiary/aromatic N) is 1. The number of alkyl halides is 3. The molecule has 0 spiro atoms. The minimum atomic E-state index is -4.91. The molecule has 0 radical (unpaired) electrons. The summed E-state index contributed by atoms with van der Waals surface area (Å²) in [6.07, 6.45) is -5.61. The molecular formula is C11H20F3N3O3. The van der Waals surface area contributed by atoms with E-state index in [0.717, 1.165) is 0 Å². The van der Waals surface area contributed by atoms with Crippen molar-refractivity contribution in [1.29, 1.82) is 0 Å². The molecular weight excluding hydrogens is 279 g/mol. The van der Waals surface area contributed by atoms with Crippen molar-refractivity contribution < 1.29 is 27.5 Å². The fraction of sp³-hybridized carbons (Fsp3) is 0.818. The van der Waals surface area contributed by atoms with E-state index in [1.54, 1.807) is 33.0 Å². The van der Waals surface area contributed by atoms with Crippen molar-refractivity contribution in [2.24, 2.45) is 0 Å². The molecule has 0 aromatic heterocycles. The van der Waals surface area contributed by atoms with Gasteiger partial charge in [-0.25, -0.2) is 9.80 Å². The summed E-state index contributed by atoms with van der Waals surface area (Å²) in [5, 5.41) is 3.05. The van der Waals surface area contributed by atoms with Gasteiger partial charge in [0.05, 0.1) is 0 Å². The molecule has 9 heteroatoms. The number of hydrogen-bond donors (Lipinski definition) is 2. The van der Waals surface area contributed by atoms with E-state index >= 15 is 0 Å². The van der Waals surface area contributed by atoms with E-state index in [0.29, 0.717) is 6.54 Å². The molecule has 0 unspecified atom stereocenters. The Bertz CT molecular complexity index is 340. The highest BCUT2D eigenvalue weighted by Crippen LogP contribution is 2.13. The van der Waals surface area contributed by atoms with Gasteiger partial charge in [0.1, 0.15) is 5.60 Å². The molecule has 2 N–H and O–H groups in total. The Labute approximate surface area is 115 Å².